The number of hydrogen-bond donors (Lipinski definition) is 0. The number of rotatable bonds is 6. The van der Waals surface area contributed by atoms with Crippen LogP contribution in [-0.2, 0) is 16.1 Å². The van der Waals surface area contributed by atoms with Crippen molar-refractivity contribution in [3.8, 4) is 0 Å². The molecule has 0 atom stereocenters. The zero-order valence-electron chi connectivity index (χ0n) is 14.6. The number of fused-ring (bicyclic) bond motifs is 1. The van der Waals surface area contributed by atoms with Gasteiger partial charge in [-0.2, -0.15) is 0 Å². The molecule has 0 saturated heterocycles. The van der Waals surface area contributed by atoms with Crippen molar-refractivity contribution in [3.05, 3.63) is 82.4 Å². The van der Waals surface area contributed by atoms with Crippen molar-refractivity contribution >= 4 is 22.9 Å². The second-order valence-corrected chi connectivity index (χ2v) is 5.90. The average Bonchev–Trinajstić information content (AvgIpc) is 2.66. The Morgan fingerprint density at radius 3 is 2.65 bits per heavy atom. The van der Waals surface area contributed by atoms with E-state index in [1.807, 2.05) is 55.5 Å². The number of aromatic nitrogens is 2. The number of nitrogens with zero attached hydrogens (tertiary/aromatic N) is 2. The molecule has 0 aliphatic rings. The molecule has 3 rings (SSSR count). The molecule has 5 nitrogen and oxygen atoms in total. The summed E-state index contributed by atoms with van der Waals surface area (Å²) in [5.41, 5.74) is 1.57. The van der Waals surface area contributed by atoms with E-state index in [9.17, 15) is 9.59 Å². The number of carbonyl (C=O) groups excluding carboxylic acids is 1. The van der Waals surface area contributed by atoms with Gasteiger partial charge in [0, 0.05) is 12.6 Å². The third-order valence-corrected chi connectivity index (χ3v) is 4.03. The van der Waals surface area contributed by atoms with Gasteiger partial charge in [0.25, 0.3) is 5.56 Å². The Labute approximate surface area is 151 Å². The quantitative estimate of drug-likeness (QED) is 0.389. The lowest BCUT2D eigenvalue weighted by Crippen LogP contribution is -2.24. The van der Waals surface area contributed by atoms with Gasteiger partial charge >= 0.3 is 5.97 Å². The minimum absolute atomic E-state index is 0.0663. The maximum atomic E-state index is 12.5. The van der Waals surface area contributed by atoms with Gasteiger partial charge in [-0.3, -0.25) is 9.36 Å². The molecule has 0 amide bonds. The molecule has 0 aliphatic carbocycles. The first kappa shape index (κ1) is 17.6. The van der Waals surface area contributed by atoms with E-state index in [1.54, 1.807) is 16.7 Å². The first-order chi connectivity index (χ1) is 12.6. The van der Waals surface area contributed by atoms with Gasteiger partial charge in [0.1, 0.15) is 5.82 Å². The Hall–Kier alpha value is -3.21. The van der Waals surface area contributed by atoms with E-state index < -0.39 is 5.97 Å². The zero-order valence-corrected chi connectivity index (χ0v) is 14.6. The topological polar surface area (TPSA) is 61.2 Å². The molecular formula is C21H20N2O3. The van der Waals surface area contributed by atoms with Crippen LogP contribution in [-0.4, -0.2) is 22.1 Å². The number of aryl methyl sites for hydroxylation is 1. The minimum atomic E-state index is -0.394. The first-order valence-corrected chi connectivity index (χ1v) is 8.51. The van der Waals surface area contributed by atoms with Crippen molar-refractivity contribution in [2.75, 3.05) is 6.61 Å². The van der Waals surface area contributed by atoms with Gasteiger partial charge in [0.05, 0.1) is 17.5 Å². The molecule has 0 unspecified atom stereocenters. The van der Waals surface area contributed by atoms with E-state index in [2.05, 4.69) is 4.98 Å². The van der Waals surface area contributed by atoms with Crippen molar-refractivity contribution in [1.82, 2.24) is 9.55 Å². The summed E-state index contributed by atoms with van der Waals surface area (Å²) >= 11 is 0. The molecule has 26 heavy (non-hydrogen) atoms. The van der Waals surface area contributed by atoms with Gasteiger partial charge in [0.15, 0.2) is 0 Å². The van der Waals surface area contributed by atoms with E-state index >= 15 is 0 Å². The van der Waals surface area contributed by atoms with Gasteiger partial charge in [-0.1, -0.05) is 42.5 Å². The molecule has 0 fully saturated rings. The van der Waals surface area contributed by atoms with Gasteiger partial charge in [0.2, 0.25) is 0 Å². The molecule has 132 valence electrons. The van der Waals surface area contributed by atoms with Crippen LogP contribution < -0.4 is 5.56 Å². The van der Waals surface area contributed by atoms with E-state index in [-0.39, 0.29) is 12.2 Å². The highest BCUT2D eigenvalue weighted by atomic mass is 16.5. The van der Waals surface area contributed by atoms with E-state index in [0.717, 1.165) is 5.56 Å². The average molecular weight is 348 g/mol. The van der Waals surface area contributed by atoms with Crippen LogP contribution in [0.25, 0.3) is 17.0 Å². The fourth-order valence-electron chi connectivity index (χ4n) is 2.71. The molecule has 0 spiro atoms. The number of hydrogen-bond acceptors (Lipinski definition) is 4. The van der Waals surface area contributed by atoms with E-state index in [1.165, 1.54) is 6.08 Å². The molecule has 0 N–H and O–H groups in total. The standard InChI is InChI=1S/C21H20N2O3/c1-16-22-19-11-6-5-10-18(19)21(25)23(16)14-7-15-26-20(24)13-12-17-8-3-2-4-9-17/h2-6,8-13H,7,14-15H2,1H3/b13-12+. The Morgan fingerprint density at radius 1 is 1.12 bits per heavy atom. The fraction of sp³-hybridized carbons (Fsp3) is 0.190. The van der Waals surface area contributed by atoms with Crippen LogP contribution in [0.15, 0.2) is 65.5 Å². The summed E-state index contributed by atoms with van der Waals surface area (Å²) in [6.45, 7) is 2.51. The van der Waals surface area contributed by atoms with Gasteiger partial charge in [-0.25, -0.2) is 9.78 Å². The summed E-state index contributed by atoms with van der Waals surface area (Å²) in [5.74, 6) is 0.263. The number of ether oxygens (including phenoxy) is 1. The Morgan fingerprint density at radius 2 is 1.85 bits per heavy atom. The van der Waals surface area contributed by atoms with Crippen molar-refractivity contribution in [1.29, 1.82) is 0 Å². The Kier molecular flexibility index (Phi) is 5.59. The summed E-state index contributed by atoms with van der Waals surface area (Å²) in [4.78, 5) is 28.7. The lowest BCUT2D eigenvalue weighted by atomic mass is 10.2. The number of para-hydroxylation sites is 1. The highest BCUT2D eigenvalue weighted by Crippen LogP contribution is 2.08. The smallest absolute Gasteiger partial charge is 0.330 e. The molecule has 0 radical (unpaired) electrons. The van der Waals surface area contributed by atoms with E-state index in [4.69, 9.17) is 4.74 Å². The highest BCUT2D eigenvalue weighted by Gasteiger charge is 2.07. The van der Waals surface area contributed by atoms with Crippen LogP contribution >= 0.6 is 0 Å². The Balaban J connectivity index is 1.55. The maximum absolute atomic E-state index is 12.5. The van der Waals surface area contributed by atoms with Crippen LogP contribution in [0.1, 0.15) is 17.8 Å². The maximum Gasteiger partial charge on any atom is 0.330 e. The van der Waals surface area contributed by atoms with Crippen molar-refractivity contribution < 1.29 is 9.53 Å². The largest absolute Gasteiger partial charge is 0.462 e. The third kappa shape index (κ3) is 4.25. The summed E-state index contributed by atoms with van der Waals surface area (Å²) in [5, 5.41) is 0.598. The molecule has 1 aromatic heterocycles. The predicted molar refractivity (Wildman–Crippen MR) is 102 cm³/mol. The van der Waals surface area contributed by atoms with Gasteiger partial charge < -0.3 is 4.74 Å². The summed E-state index contributed by atoms with van der Waals surface area (Å²) in [6.07, 6.45) is 3.67. The number of carbonyl (C=O) groups is 1. The lowest BCUT2D eigenvalue weighted by Gasteiger charge is -2.10. The highest BCUT2D eigenvalue weighted by molar-refractivity contribution is 5.87. The van der Waals surface area contributed by atoms with Gasteiger partial charge in [-0.05, 0) is 37.1 Å². The van der Waals surface area contributed by atoms with E-state index in [0.29, 0.717) is 29.7 Å². The molecule has 0 aliphatic heterocycles. The van der Waals surface area contributed by atoms with Crippen LogP contribution in [0, 0.1) is 6.92 Å². The predicted octanol–water partition coefficient (Wildman–Crippen LogP) is 3.35. The van der Waals surface area contributed by atoms with Crippen LogP contribution in [0.2, 0.25) is 0 Å². The number of esters is 1. The SMILES string of the molecule is Cc1nc2ccccc2c(=O)n1CCCOC(=O)/C=C/c1ccccc1. The fourth-order valence-corrected chi connectivity index (χ4v) is 2.71. The second kappa shape index (κ2) is 8.25. The van der Waals surface area contributed by atoms with Crippen LogP contribution in [0.3, 0.4) is 0 Å². The molecule has 1 heterocycles. The molecule has 0 bridgehead atoms. The normalized spacial score (nSPS) is 11.1. The molecule has 2 aromatic carbocycles. The Bertz CT molecular complexity index is 991. The third-order valence-electron chi connectivity index (χ3n) is 4.03. The molecule has 0 saturated carbocycles. The monoisotopic (exact) mass is 348 g/mol. The number of benzene rings is 2. The second-order valence-electron chi connectivity index (χ2n) is 5.90. The first-order valence-electron chi connectivity index (χ1n) is 8.51. The minimum Gasteiger partial charge on any atom is -0.462 e. The zero-order chi connectivity index (χ0) is 18.4. The summed E-state index contributed by atoms with van der Waals surface area (Å²) < 4.78 is 6.81. The van der Waals surface area contributed by atoms with Crippen LogP contribution in [0.5, 0.6) is 0 Å². The lowest BCUT2D eigenvalue weighted by molar-refractivity contribution is -0.137. The molecular weight excluding hydrogens is 328 g/mol. The van der Waals surface area contributed by atoms with Crippen LogP contribution in [0.4, 0.5) is 0 Å². The van der Waals surface area contributed by atoms with Crippen molar-refractivity contribution in [2.45, 2.75) is 19.9 Å². The van der Waals surface area contributed by atoms with Gasteiger partial charge in [-0.15, -0.1) is 0 Å². The van der Waals surface area contributed by atoms with Crippen molar-refractivity contribution in [2.24, 2.45) is 0 Å². The molecule has 5 heteroatoms. The molecule has 3 aromatic rings. The van der Waals surface area contributed by atoms with Crippen molar-refractivity contribution in [3.63, 3.8) is 0 Å². The summed E-state index contributed by atoms with van der Waals surface area (Å²) in [6, 6.07) is 16.8. The summed E-state index contributed by atoms with van der Waals surface area (Å²) in [7, 11) is 0.